The lowest BCUT2D eigenvalue weighted by Crippen LogP contribution is -2.29. The molecule has 0 bridgehead atoms. The highest BCUT2D eigenvalue weighted by atomic mass is 14.5. The molecule has 0 N–H and O–H groups in total. The number of rotatable bonds is 0. The van der Waals surface area contributed by atoms with E-state index >= 15 is 0 Å². The summed E-state index contributed by atoms with van der Waals surface area (Å²) < 4.78 is 0. The molecule has 0 heterocycles. The predicted octanol–water partition coefficient (Wildman–Crippen LogP) is 3.96. The minimum Gasteiger partial charge on any atom is -0.0625 e. The van der Waals surface area contributed by atoms with E-state index < -0.39 is 0 Å². The lowest BCUT2D eigenvalue weighted by molar-refractivity contribution is 0.121. The predicted molar refractivity (Wildman–Crippen MR) is 57.5 cm³/mol. The summed E-state index contributed by atoms with van der Waals surface area (Å²) >= 11 is 0. The van der Waals surface area contributed by atoms with Crippen LogP contribution >= 0.6 is 0 Å². The van der Waals surface area contributed by atoms with Gasteiger partial charge < -0.3 is 0 Å². The second kappa shape index (κ2) is 3.29. The van der Waals surface area contributed by atoms with E-state index in [1.165, 1.54) is 19.3 Å². The molecular formula is C13H24. The fourth-order valence-electron chi connectivity index (χ4n) is 4.30. The average Bonchev–Trinajstić information content (AvgIpc) is 2.27. The molecule has 6 atom stereocenters. The van der Waals surface area contributed by atoms with Gasteiger partial charge in [-0.3, -0.25) is 0 Å². The molecular weight excluding hydrogens is 156 g/mol. The Morgan fingerprint density at radius 3 is 2.15 bits per heavy atom. The highest BCUT2D eigenvalue weighted by Gasteiger charge is 2.44. The Labute approximate surface area is 83.1 Å². The van der Waals surface area contributed by atoms with Gasteiger partial charge in [-0.25, -0.2) is 0 Å². The fraction of sp³-hybridized carbons (Fsp3) is 1.00. The summed E-state index contributed by atoms with van der Waals surface area (Å²) in [7, 11) is 0. The van der Waals surface area contributed by atoms with Crippen molar-refractivity contribution in [3.8, 4) is 0 Å². The molecule has 2 saturated carbocycles. The van der Waals surface area contributed by atoms with Gasteiger partial charge in [0.1, 0.15) is 0 Å². The SMILES string of the molecule is CC1CC(C)C2C(C1)CC(C)C2C. The van der Waals surface area contributed by atoms with Gasteiger partial charge in [0.2, 0.25) is 0 Å². The molecule has 0 nitrogen and oxygen atoms in total. The largest absolute Gasteiger partial charge is 0.0625 e. The van der Waals surface area contributed by atoms with E-state index in [1.807, 2.05) is 0 Å². The van der Waals surface area contributed by atoms with Crippen LogP contribution in [0.15, 0.2) is 0 Å². The Balaban J connectivity index is 2.12. The molecule has 2 aliphatic rings. The van der Waals surface area contributed by atoms with Crippen LogP contribution in [0.2, 0.25) is 0 Å². The van der Waals surface area contributed by atoms with Crippen molar-refractivity contribution in [1.82, 2.24) is 0 Å². The van der Waals surface area contributed by atoms with Gasteiger partial charge in [-0.05, 0) is 54.8 Å². The summed E-state index contributed by atoms with van der Waals surface area (Å²) in [5.74, 6) is 6.10. The molecule has 0 amide bonds. The van der Waals surface area contributed by atoms with Gasteiger partial charge in [-0.1, -0.05) is 27.7 Å². The quantitative estimate of drug-likeness (QED) is 0.529. The van der Waals surface area contributed by atoms with Crippen LogP contribution in [0, 0.1) is 35.5 Å². The fourth-order valence-corrected chi connectivity index (χ4v) is 4.30. The topological polar surface area (TPSA) is 0 Å². The summed E-state index contributed by atoms with van der Waals surface area (Å²) in [5, 5.41) is 0. The third-order valence-electron chi connectivity index (χ3n) is 4.86. The summed E-state index contributed by atoms with van der Waals surface area (Å²) in [4.78, 5) is 0. The molecule has 2 aliphatic carbocycles. The third-order valence-corrected chi connectivity index (χ3v) is 4.86. The summed E-state index contributed by atoms with van der Waals surface area (Å²) in [6, 6.07) is 0. The van der Waals surface area contributed by atoms with E-state index in [0.717, 1.165) is 35.5 Å². The van der Waals surface area contributed by atoms with E-state index in [0.29, 0.717) is 0 Å². The van der Waals surface area contributed by atoms with Crippen LogP contribution in [-0.2, 0) is 0 Å². The zero-order valence-electron chi connectivity index (χ0n) is 9.59. The third kappa shape index (κ3) is 1.53. The van der Waals surface area contributed by atoms with Gasteiger partial charge in [-0.2, -0.15) is 0 Å². The highest BCUT2D eigenvalue weighted by molar-refractivity contribution is 4.93. The van der Waals surface area contributed by atoms with Crippen molar-refractivity contribution in [3.63, 3.8) is 0 Å². The Morgan fingerprint density at radius 1 is 0.769 bits per heavy atom. The Bertz CT molecular complexity index is 182. The van der Waals surface area contributed by atoms with Gasteiger partial charge in [-0.15, -0.1) is 0 Å². The van der Waals surface area contributed by atoms with Crippen LogP contribution in [0.1, 0.15) is 47.0 Å². The molecule has 2 rings (SSSR count). The maximum absolute atomic E-state index is 2.49. The first-order valence-electron chi connectivity index (χ1n) is 6.09. The summed E-state index contributed by atoms with van der Waals surface area (Å²) in [5.41, 5.74) is 0. The maximum atomic E-state index is 2.49. The molecule has 0 saturated heterocycles. The lowest BCUT2D eigenvalue weighted by atomic mass is 9.68. The van der Waals surface area contributed by atoms with E-state index in [2.05, 4.69) is 27.7 Å². The van der Waals surface area contributed by atoms with E-state index in [9.17, 15) is 0 Å². The molecule has 76 valence electrons. The van der Waals surface area contributed by atoms with Crippen molar-refractivity contribution in [1.29, 1.82) is 0 Å². The molecule has 0 aliphatic heterocycles. The van der Waals surface area contributed by atoms with Crippen molar-refractivity contribution >= 4 is 0 Å². The average molecular weight is 180 g/mol. The Kier molecular flexibility index (Phi) is 2.42. The minimum atomic E-state index is 0.989. The molecule has 0 radical (unpaired) electrons. The first-order chi connectivity index (χ1) is 6.09. The summed E-state index contributed by atoms with van der Waals surface area (Å²) in [6.07, 6.45) is 4.52. The van der Waals surface area contributed by atoms with Crippen LogP contribution in [0.5, 0.6) is 0 Å². The second-order valence-electron chi connectivity index (χ2n) is 5.96. The van der Waals surface area contributed by atoms with Crippen LogP contribution in [0.4, 0.5) is 0 Å². The molecule has 6 unspecified atom stereocenters. The van der Waals surface area contributed by atoms with Gasteiger partial charge in [0.25, 0.3) is 0 Å². The van der Waals surface area contributed by atoms with Crippen LogP contribution < -0.4 is 0 Å². The summed E-state index contributed by atoms with van der Waals surface area (Å²) in [6.45, 7) is 9.88. The molecule has 0 aromatic heterocycles. The van der Waals surface area contributed by atoms with Crippen LogP contribution in [-0.4, -0.2) is 0 Å². The molecule has 0 aromatic rings. The van der Waals surface area contributed by atoms with Crippen molar-refractivity contribution in [2.24, 2.45) is 35.5 Å². The first kappa shape index (κ1) is 9.55. The normalized spacial score (nSPS) is 56.3. The molecule has 2 fully saturated rings. The highest BCUT2D eigenvalue weighted by Crippen LogP contribution is 2.52. The van der Waals surface area contributed by atoms with Gasteiger partial charge in [0.15, 0.2) is 0 Å². The van der Waals surface area contributed by atoms with E-state index in [-0.39, 0.29) is 0 Å². The number of hydrogen-bond acceptors (Lipinski definition) is 0. The number of fused-ring (bicyclic) bond motifs is 1. The van der Waals surface area contributed by atoms with Gasteiger partial charge >= 0.3 is 0 Å². The van der Waals surface area contributed by atoms with Crippen LogP contribution in [0.3, 0.4) is 0 Å². The number of hydrogen-bond donors (Lipinski definition) is 0. The van der Waals surface area contributed by atoms with Crippen LogP contribution in [0.25, 0.3) is 0 Å². The first-order valence-corrected chi connectivity index (χ1v) is 6.09. The maximum Gasteiger partial charge on any atom is -0.0331 e. The van der Waals surface area contributed by atoms with E-state index in [1.54, 1.807) is 0 Å². The zero-order valence-corrected chi connectivity index (χ0v) is 9.59. The van der Waals surface area contributed by atoms with Crippen molar-refractivity contribution < 1.29 is 0 Å². The molecule has 0 heteroatoms. The van der Waals surface area contributed by atoms with Crippen molar-refractivity contribution in [3.05, 3.63) is 0 Å². The standard InChI is InChI=1S/C13H24/c1-8-5-10(3)13-11(4)9(2)7-12(13)6-8/h8-13H,5-7H2,1-4H3. The lowest BCUT2D eigenvalue weighted by Gasteiger charge is -2.37. The zero-order chi connectivity index (χ0) is 9.59. The van der Waals surface area contributed by atoms with Crippen molar-refractivity contribution in [2.45, 2.75) is 47.0 Å². The smallest absolute Gasteiger partial charge is 0.0331 e. The van der Waals surface area contributed by atoms with Gasteiger partial charge in [0.05, 0.1) is 0 Å². The Morgan fingerprint density at radius 2 is 1.46 bits per heavy atom. The Hall–Kier alpha value is 0. The molecule has 0 aromatic carbocycles. The second-order valence-corrected chi connectivity index (χ2v) is 5.96. The molecule has 0 spiro atoms. The minimum absolute atomic E-state index is 0.989. The monoisotopic (exact) mass is 180 g/mol. The molecule has 13 heavy (non-hydrogen) atoms. The van der Waals surface area contributed by atoms with E-state index in [4.69, 9.17) is 0 Å². The van der Waals surface area contributed by atoms with Gasteiger partial charge in [0, 0.05) is 0 Å². The van der Waals surface area contributed by atoms with Crippen molar-refractivity contribution in [2.75, 3.05) is 0 Å².